The third-order valence-corrected chi connectivity index (χ3v) is 4.81. The lowest BCUT2D eigenvalue weighted by atomic mass is 10.1. The number of fused-ring (bicyclic) bond motifs is 2. The van der Waals surface area contributed by atoms with E-state index in [0.717, 1.165) is 42.8 Å². The standard InChI is InChI=1S/C16H18N4O/c1-2-4-12-11(3-1)9-13(21-12)15-18-19-16-14(10-5-6-10)17-7-8-20(15)16/h1-4,10,13-14,17H,5-9H2. The number of benzene rings is 1. The van der Waals surface area contributed by atoms with Crippen molar-refractivity contribution in [1.29, 1.82) is 0 Å². The van der Waals surface area contributed by atoms with Crippen molar-refractivity contribution in [1.82, 2.24) is 20.1 Å². The molecule has 3 aliphatic rings. The molecule has 3 heterocycles. The van der Waals surface area contributed by atoms with Gasteiger partial charge in [0.2, 0.25) is 0 Å². The highest BCUT2D eigenvalue weighted by atomic mass is 16.5. The van der Waals surface area contributed by atoms with Gasteiger partial charge in [-0.3, -0.25) is 0 Å². The SMILES string of the molecule is c1ccc2c(c1)CC(c1nnc3n1CCNC3C1CC1)O2. The molecule has 5 heteroatoms. The molecule has 2 atom stereocenters. The van der Waals surface area contributed by atoms with Gasteiger partial charge in [0, 0.05) is 19.5 Å². The predicted octanol–water partition coefficient (Wildman–Crippen LogP) is 2.01. The van der Waals surface area contributed by atoms with Crippen molar-refractivity contribution >= 4 is 0 Å². The second-order valence-electron chi connectivity index (χ2n) is 6.26. The lowest BCUT2D eigenvalue weighted by Crippen LogP contribution is -2.35. The average Bonchev–Trinajstić information content (AvgIpc) is 3.12. The summed E-state index contributed by atoms with van der Waals surface area (Å²) in [6.07, 6.45) is 3.54. The largest absolute Gasteiger partial charge is 0.482 e. The first-order valence-electron chi connectivity index (χ1n) is 7.81. The number of nitrogens with one attached hydrogen (secondary N) is 1. The summed E-state index contributed by atoms with van der Waals surface area (Å²) in [7, 11) is 0. The van der Waals surface area contributed by atoms with Gasteiger partial charge < -0.3 is 14.6 Å². The third-order valence-electron chi connectivity index (χ3n) is 4.81. The average molecular weight is 282 g/mol. The maximum Gasteiger partial charge on any atom is 0.174 e. The zero-order chi connectivity index (χ0) is 13.8. The van der Waals surface area contributed by atoms with Crippen LogP contribution in [0, 0.1) is 5.92 Å². The molecular formula is C16H18N4O. The van der Waals surface area contributed by atoms with E-state index in [-0.39, 0.29) is 6.10 Å². The van der Waals surface area contributed by atoms with Crippen molar-refractivity contribution in [3.05, 3.63) is 41.5 Å². The van der Waals surface area contributed by atoms with Crippen molar-refractivity contribution in [2.45, 2.75) is 38.0 Å². The third kappa shape index (κ3) is 1.80. The van der Waals surface area contributed by atoms with Gasteiger partial charge in [-0.25, -0.2) is 0 Å². The van der Waals surface area contributed by atoms with Gasteiger partial charge in [-0.05, 0) is 30.4 Å². The van der Waals surface area contributed by atoms with E-state index in [1.165, 1.54) is 18.4 Å². The van der Waals surface area contributed by atoms with Gasteiger partial charge >= 0.3 is 0 Å². The van der Waals surface area contributed by atoms with E-state index in [1.54, 1.807) is 0 Å². The summed E-state index contributed by atoms with van der Waals surface area (Å²) in [4.78, 5) is 0. The Morgan fingerprint density at radius 2 is 2.00 bits per heavy atom. The molecule has 2 unspecified atom stereocenters. The van der Waals surface area contributed by atoms with E-state index >= 15 is 0 Å². The minimum absolute atomic E-state index is 0.0154. The van der Waals surface area contributed by atoms with Crippen molar-refractivity contribution in [3.8, 4) is 5.75 Å². The van der Waals surface area contributed by atoms with E-state index in [2.05, 4.69) is 32.2 Å². The molecule has 21 heavy (non-hydrogen) atoms. The molecular weight excluding hydrogens is 264 g/mol. The number of para-hydroxylation sites is 1. The van der Waals surface area contributed by atoms with Crippen molar-refractivity contribution < 1.29 is 4.74 Å². The first kappa shape index (κ1) is 11.7. The van der Waals surface area contributed by atoms with Crippen LogP contribution in [-0.4, -0.2) is 21.3 Å². The van der Waals surface area contributed by atoms with E-state index in [9.17, 15) is 0 Å². The van der Waals surface area contributed by atoms with E-state index in [4.69, 9.17) is 4.74 Å². The maximum absolute atomic E-state index is 6.08. The molecule has 1 saturated carbocycles. The van der Waals surface area contributed by atoms with Gasteiger partial charge in [-0.2, -0.15) is 0 Å². The number of rotatable bonds is 2. The molecule has 0 amide bonds. The number of aromatic nitrogens is 3. The van der Waals surface area contributed by atoms with Crippen LogP contribution in [0.1, 0.15) is 42.2 Å². The van der Waals surface area contributed by atoms with Crippen LogP contribution in [0.4, 0.5) is 0 Å². The topological polar surface area (TPSA) is 52.0 Å². The monoisotopic (exact) mass is 282 g/mol. The van der Waals surface area contributed by atoms with E-state index in [0.29, 0.717) is 6.04 Å². The van der Waals surface area contributed by atoms with Crippen molar-refractivity contribution in [2.24, 2.45) is 5.92 Å². The molecule has 1 aromatic carbocycles. The Morgan fingerprint density at radius 3 is 2.86 bits per heavy atom. The van der Waals surface area contributed by atoms with Crippen molar-refractivity contribution in [2.75, 3.05) is 6.54 Å². The summed E-state index contributed by atoms with van der Waals surface area (Å²) in [6.45, 7) is 1.94. The first-order chi connectivity index (χ1) is 10.4. The maximum atomic E-state index is 6.08. The highest BCUT2D eigenvalue weighted by molar-refractivity contribution is 5.38. The van der Waals surface area contributed by atoms with Gasteiger partial charge in [0.25, 0.3) is 0 Å². The van der Waals surface area contributed by atoms with Crippen LogP contribution in [0.25, 0.3) is 0 Å². The van der Waals surface area contributed by atoms with Crippen LogP contribution >= 0.6 is 0 Å². The molecule has 2 aliphatic heterocycles. The highest BCUT2D eigenvalue weighted by Crippen LogP contribution is 2.42. The van der Waals surface area contributed by atoms with Crippen LogP contribution < -0.4 is 10.1 Å². The number of nitrogens with zero attached hydrogens (tertiary/aromatic N) is 3. The zero-order valence-electron chi connectivity index (χ0n) is 11.8. The molecule has 108 valence electrons. The quantitative estimate of drug-likeness (QED) is 0.915. The van der Waals surface area contributed by atoms with Gasteiger partial charge in [-0.15, -0.1) is 10.2 Å². The molecule has 0 spiro atoms. The minimum atomic E-state index is 0.0154. The normalized spacial score (nSPS) is 27.0. The summed E-state index contributed by atoms with van der Waals surface area (Å²) >= 11 is 0. The molecule has 1 aromatic heterocycles. The van der Waals surface area contributed by atoms with Gasteiger partial charge in [-0.1, -0.05) is 18.2 Å². The van der Waals surface area contributed by atoms with E-state index in [1.807, 2.05) is 12.1 Å². The molecule has 2 aromatic rings. The Bertz CT molecular complexity index is 666. The molecule has 0 saturated heterocycles. The summed E-state index contributed by atoms with van der Waals surface area (Å²) in [5.41, 5.74) is 1.27. The molecule has 1 aliphatic carbocycles. The summed E-state index contributed by atoms with van der Waals surface area (Å²) in [5, 5.41) is 12.5. The highest BCUT2D eigenvalue weighted by Gasteiger charge is 2.39. The smallest absolute Gasteiger partial charge is 0.174 e. The predicted molar refractivity (Wildman–Crippen MR) is 77.0 cm³/mol. The molecule has 0 bridgehead atoms. The van der Waals surface area contributed by atoms with Crippen molar-refractivity contribution in [3.63, 3.8) is 0 Å². The summed E-state index contributed by atoms with van der Waals surface area (Å²) in [5.74, 6) is 3.85. The lowest BCUT2D eigenvalue weighted by Gasteiger charge is -2.25. The molecule has 1 fully saturated rings. The second-order valence-corrected chi connectivity index (χ2v) is 6.26. The number of hydrogen-bond acceptors (Lipinski definition) is 4. The Kier molecular flexibility index (Phi) is 2.41. The second kappa shape index (κ2) is 4.31. The Hall–Kier alpha value is -1.88. The van der Waals surface area contributed by atoms with Crippen LogP contribution in [0.3, 0.4) is 0 Å². The van der Waals surface area contributed by atoms with Crippen LogP contribution in [0.5, 0.6) is 5.75 Å². The number of ether oxygens (including phenoxy) is 1. The number of hydrogen-bond donors (Lipinski definition) is 1. The zero-order valence-corrected chi connectivity index (χ0v) is 11.8. The molecule has 5 nitrogen and oxygen atoms in total. The fraction of sp³-hybridized carbons (Fsp3) is 0.500. The van der Waals surface area contributed by atoms with E-state index < -0.39 is 0 Å². The minimum Gasteiger partial charge on any atom is -0.482 e. The fourth-order valence-electron chi connectivity index (χ4n) is 3.58. The summed E-state index contributed by atoms with van der Waals surface area (Å²) in [6, 6.07) is 8.66. The Balaban J connectivity index is 1.49. The fourth-order valence-corrected chi connectivity index (χ4v) is 3.58. The first-order valence-corrected chi connectivity index (χ1v) is 7.81. The van der Waals surface area contributed by atoms with Gasteiger partial charge in [0.15, 0.2) is 17.8 Å². The Labute approximate surface area is 123 Å². The van der Waals surface area contributed by atoms with Crippen LogP contribution in [-0.2, 0) is 13.0 Å². The Morgan fingerprint density at radius 1 is 1.14 bits per heavy atom. The molecule has 0 radical (unpaired) electrons. The molecule has 1 N–H and O–H groups in total. The summed E-state index contributed by atoms with van der Waals surface area (Å²) < 4.78 is 8.37. The molecule has 5 rings (SSSR count). The van der Waals surface area contributed by atoms with Crippen LogP contribution in [0.15, 0.2) is 24.3 Å². The lowest BCUT2D eigenvalue weighted by molar-refractivity contribution is 0.217. The van der Waals surface area contributed by atoms with Crippen LogP contribution in [0.2, 0.25) is 0 Å². The van der Waals surface area contributed by atoms with Gasteiger partial charge in [0.05, 0.1) is 6.04 Å². The van der Waals surface area contributed by atoms with Gasteiger partial charge in [0.1, 0.15) is 5.75 Å².